The zero-order valence-electron chi connectivity index (χ0n) is 11.7. The minimum absolute atomic E-state index is 0.904. The molecule has 20 heavy (non-hydrogen) atoms. The van der Waals surface area contributed by atoms with Gasteiger partial charge in [0.15, 0.2) is 0 Å². The Morgan fingerprint density at radius 1 is 1.25 bits per heavy atom. The third kappa shape index (κ3) is 3.55. The van der Waals surface area contributed by atoms with Gasteiger partial charge in [-0.2, -0.15) is 0 Å². The first-order chi connectivity index (χ1) is 9.72. The van der Waals surface area contributed by atoms with Crippen molar-refractivity contribution in [2.45, 2.75) is 18.2 Å². The van der Waals surface area contributed by atoms with E-state index in [1.165, 1.54) is 21.6 Å². The molecule has 0 amide bonds. The molecule has 1 aliphatic heterocycles. The SMILES string of the molecule is C=C1/C=C\C=C/Sc2cc(C)c(C/C=C\C=C/N)cc21. The Balaban J connectivity index is 2.34. The third-order valence-electron chi connectivity index (χ3n) is 3.16. The molecule has 1 aromatic carbocycles. The maximum absolute atomic E-state index is 5.32. The van der Waals surface area contributed by atoms with Gasteiger partial charge in [-0.05, 0) is 65.4 Å². The predicted molar refractivity (Wildman–Crippen MR) is 90.5 cm³/mol. The summed E-state index contributed by atoms with van der Waals surface area (Å²) in [7, 11) is 0. The first-order valence-corrected chi connectivity index (χ1v) is 7.46. The minimum atomic E-state index is 0.904. The molecule has 2 N–H and O–H groups in total. The van der Waals surface area contributed by atoms with Crippen molar-refractivity contribution in [3.05, 3.63) is 83.5 Å². The molecule has 1 aliphatic rings. The van der Waals surface area contributed by atoms with Gasteiger partial charge in [0.2, 0.25) is 0 Å². The second-order valence-electron chi connectivity index (χ2n) is 4.62. The van der Waals surface area contributed by atoms with E-state index in [1.54, 1.807) is 18.0 Å². The first-order valence-electron chi connectivity index (χ1n) is 6.58. The largest absolute Gasteiger partial charge is 0.405 e. The van der Waals surface area contributed by atoms with Gasteiger partial charge in [-0.3, -0.25) is 0 Å². The Bertz CT molecular complexity index is 619. The second-order valence-corrected chi connectivity index (χ2v) is 5.57. The van der Waals surface area contributed by atoms with Crippen LogP contribution in [0.5, 0.6) is 0 Å². The van der Waals surface area contributed by atoms with Crippen LogP contribution in [0.3, 0.4) is 0 Å². The summed E-state index contributed by atoms with van der Waals surface area (Å²) in [5.41, 5.74) is 10.2. The number of hydrogen-bond donors (Lipinski definition) is 1. The summed E-state index contributed by atoms with van der Waals surface area (Å²) in [5.74, 6) is 0. The number of hydrogen-bond acceptors (Lipinski definition) is 2. The number of benzene rings is 1. The fourth-order valence-electron chi connectivity index (χ4n) is 2.05. The van der Waals surface area contributed by atoms with E-state index in [2.05, 4.69) is 43.2 Å². The summed E-state index contributed by atoms with van der Waals surface area (Å²) in [6.45, 7) is 6.31. The minimum Gasteiger partial charge on any atom is -0.405 e. The van der Waals surface area contributed by atoms with Crippen molar-refractivity contribution in [3.8, 4) is 0 Å². The molecule has 0 unspecified atom stereocenters. The van der Waals surface area contributed by atoms with Crippen LogP contribution in [0.15, 0.2) is 71.7 Å². The van der Waals surface area contributed by atoms with Crippen LogP contribution in [0, 0.1) is 6.92 Å². The molecule has 0 radical (unpaired) electrons. The molecular formula is C18H19NS. The van der Waals surface area contributed by atoms with Crippen molar-refractivity contribution in [2.75, 3.05) is 0 Å². The number of fused-ring (bicyclic) bond motifs is 1. The summed E-state index contributed by atoms with van der Waals surface area (Å²) in [6, 6.07) is 4.50. The Hall–Kier alpha value is -1.93. The van der Waals surface area contributed by atoms with E-state index in [-0.39, 0.29) is 0 Å². The zero-order valence-corrected chi connectivity index (χ0v) is 12.5. The number of thioether (sulfide) groups is 1. The first kappa shape index (κ1) is 14.5. The molecule has 0 bridgehead atoms. The van der Waals surface area contributed by atoms with Crippen molar-refractivity contribution < 1.29 is 0 Å². The Kier molecular flexibility index (Phi) is 5.08. The van der Waals surface area contributed by atoms with Gasteiger partial charge in [-0.1, -0.05) is 48.7 Å². The van der Waals surface area contributed by atoms with E-state index in [4.69, 9.17) is 5.73 Å². The van der Waals surface area contributed by atoms with Crippen molar-refractivity contribution in [2.24, 2.45) is 5.73 Å². The fraction of sp³-hybridized carbons (Fsp3) is 0.111. The Morgan fingerprint density at radius 3 is 2.90 bits per heavy atom. The van der Waals surface area contributed by atoms with E-state index in [0.717, 1.165) is 12.0 Å². The van der Waals surface area contributed by atoms with Crippen molar-refractivity contribution in [1.29, 1.82) is 0 Å². The van der Waals surface area contributed by atoms with E-state index >= 15 is 0 Å². The summed E-state index contributed by atoms with van der Waals surface area (Å²) in [5, 5.41) is 2.10. The highest BCUT2D eigenvalue weighted by Crippen LogP contribution is 2.33. The lowest BCUT2D eigenvalue weighted by Gasteiger charge is -2.14. The maximum Gasteiger partial charge on any atom is 0.0197 e. The van der Waals surface area contributed by atoms with E-state index in [0.29, 0.717) is 0 Å². The molecule has 1 heterocycles. The monoisotopic (exact) mass is 281 g/mol. The molecule has 0 aliphatic carbocycles. The highest BCUT2D eigenvalue weighted by molar-refractivity contribution is 8.02. The smallest absolute Gasteiger partial charge is 0.0197 e. The molecule has 0 spiro atoms. The highest BCUT2D eigenvalue weighted by atomic mass is 32.2. The van der Waals surface area contributed by atoms with Gasteiger partial charge in [0.1, 0.15) is 0 Å². The number of nitrogens with two attached hydrogens (primary N) is 1. The lowest BCUT2D eigenvalue weighted by atomic mass is 9.98. The molecule has 0 fully saturated rings. The van der Waals surface area contributed by atoms with Crippen molar-refractivity contribution >= 4 is 17.3 Å². The van der Waals surface area contributed by atoms with Gasteiger partial charge >= 0.3 is 0 Å². The quantitative estimate of drug-likeness (QED) is 0.809. The zero-order chi connectivity index (χ0) is 14.4. The predicted octanol–water partition coefficient (Wildman–Crippen LogP) is 4.75. The van der Waals surface area contributed by atoms with E-state index < -0.39 is 0 Å². The molecule has 2 heteroatoms. The van der Waals surface area contributed by atoms with Gasteiger partial charge in [0, 0.05) is 4.90 Å². The van der Waals surface area contributed by atoms with Gasteiger partial charge in [-0.15, -0.1) is 0 Å². The molecule has 1 aromatic rings. The van der Waals surface area contributed by atoms with Crippen LogP contribution in [0.1, 0.15) is 16.7 Å². The molecule has 0 atom stereocenters. The highest BCUT2D eigenvalue weighted by Gasteiger charge is 2.09. The summed E-state index contributed by atoms with van der Waals surface area (Å²) < 4.78 is 0. The number of aryl methyl sites for hydroxylation is 1. The normalized spacial score (nSPS) is 17.9. The fourth-order valence-corrected chi connectivity index (χ4v) is 2.93. The van der Waals surface area contributed by atoms with Crippen LogP contribution in [0.4, 0.5) is 0 Å². The standard InChI is InChI=1S/C18H19NS/c1-14-8-5-7-11-20-18-12-15(2)16(13-17(14)18)9-4-3-6-10-19/h3-8,10-13H,1,9,19H2,2H3/b4-3-,8-5-,10-6-,11-7-. The molecule has 2 rings (SSSR count). The van der Waals surface area contributed by atoms with Crippen LogP contribution in [0.2, 0.25) is 0 Å². The van der Waals surface area contributed by atoms with Gasteiger partial charge < -0.3 is 5.73 Å². The van der Waals surface area contributed by atoms with Crippen LogP contribution in [-0.4, -0.2) is 0 Å². The van der Waals surface area contributed by atoms with Gasteiger partial charge in [-0.25, -0.2) is 0 Å². The lowest BCUT2D eigenvalue weighted by Crippen LogP contribution is -1.94. The molecular weight excluding hydrogens is 262 g/mol. The summed E-state index contributed by atoms with van der Waals surface area (Å²) in [6.07, 6.45) is 14.5. The topological polar surface area (TPSA) is 26.0 Å². The number of rotatable bonds is 3. The lowest BCUT2D eigenvalue weighted by molar-refractivity contribution is 1.17. The van der Waals surface area contributed by atoms with Gasteiger partial charge in [0.25, 0.3) is 0 Å². The van der Waals surface area contributed by atoms with E-state index in [9.17, 15) is 0 Å². The molecule has 102 valence electrons. The Labute approximate surface area is 125 Å². The average Bonchev–Trinajstić information content (AvgIpc) is 2.43. The molecule has 0 aromatic heterocycles. The van der Waals surface area contributed by atoms with Crippen molar-refractivity contribution in [3.63, 3.8) is 0 Å². The average molecular weight is 281 g/mol. The molecule has 1 nitrogen and oxygen atoms in total. The Morgan fingerprint density at radius 2 is 2.10 bits per heavy atom. The second kappa shape index (κ2) is 7.01. The van der Waals surface area contributed by atoms with Crippen LogP contribution >= 0.6 is 11.8 Å². The maximum atomic E-state index is 5.32. The van der Waals surface area contributed by atoms with Crippen LogP contribution in [-0.2, 0) is 6.42 Å². The van der Waals surface area contributed by atoms with Crippen LogP contribution in [0.25, 0.3) is 5.57 Å². The third-order valence-corrected chi connectivity index (χ3v) is 4.05. The molecule has 0 saturated carbocycles. The molecule has 0 saturated heterocycles. The van der Waals surface area contributed by atoms with Crippen LogP contribution < -0.4 is 5.73 Å². The number of allylic oxidation sites excluding steroid dienone is 7. The van der Waals surface area contributed by atoms with E-state index in [1.807, 2.05) is 24.3 Å². The summed E-state index contributed by atoms with van der Waals surface area (Å²) >= 11 is 1.74. The summed E-state index contributed by atoms with van der Waals surface area (Å²) in [4.78, 5) is 1.27. The van der Waals surface area contributed by atoms with Gasteiger partial charge in [0.05, 0.1) is 0 Å². The van der Waals surface area contributed by atoms with Crippen molar-refractivity contribution in [1.82, 2.24) is 0 Å².